The third-order valence-corrected chi connectivity index (χ3v) is 8.36. The van der Waals surface area contributed by atoms with Crippen molar-refractivity contribution in [2.45, 2.75) is 42.8 Å². The zero-order chi connectivity index (χ0) is 29.3. The number of morpholine rings is 1. The average Bonchev–Trinajstić information content (AvgIpc) is 3.45. The highest BCUT2D eigenvalue weighted by molar-refractivity contribution is 7.99. The number of carbonyl (C=O) groups is 3. The zero-order valence-electron chi connectivity index (χ0n) is 23.1. The van der Waals surface area contributed by atoms with Crippen LogP contribution in [-0.4, -0.2) is 97.7 Å². The highest BCUT2D eigenvalue weighted by Crippen LogP contribution is 2.29. The van der Waals surface area contributed by atoms with Gasteiger partial charge in [-0.05, 0) is 65.2 Å². The number of piperidine rings is 1. The van der Waals surface area contributed by atoms with Gasteiger partial charge in [0.05, 0.1) is 26.2 Å². The molecule has 14 heteroatoms. The number of aryl methyl sites for hydroxylation is 1. The first-order valence-electron chi connectivity index (χ1n) is 13.8. The number of ether oxygens (including phenoxy) is 2. The second-order valence-corrected chi connectivity index (χ2v) is 11.3. The molecule has 0 atom stereocenters. The van der Waals surface area contributed by atoms with Crippen molar-refractivity contribution >= 4 is 35.4 Å². The molecule has 0 radical (unpaired) electrons. The Morgan fingerprint density at radius 2 is 1.71 bits per heavy atom. The van der Waals surface area contributed by atoms with Gasteiger partial charge in [-0.2, -0.15) is 0 Å². The number of tetrazole rings is 1. The van der Waals surface area contributed by atoms with Crippen LogP contribution in [-0.2, 0) is 22.6 Å². The average molecular weight is 596 g/mol. The fraction of sp³-hybridized carbons (Fsp3) is 0.429. The minimum Gasteiger partial charge on any atom is -0.481 e. The molecular weight excluding hydrogens is 562 g/mol. The summed E-state index contributed by atoms with van der Waals surface area (Å²) in [6.45, 7) is 5.41. The molecule has 0 spiro atoms. The monoisotopic (exact) mass is 595 g/mol. The molecule has 42 heavy (non-hydrogen) atoms. The van der Waals surface area contributed by atoms with Gasteiger partial charge in [-0.15, -0.1) is 5.10 Å². The Bertz CT molecular complexity index is 1350. The van der Waals surface area contributed by atoms with E-state index < -0.39 is 12.1 Å². The highest BCUT2D eigenvalue weighted by Gasteiger charge is 2.26. The zero-order valence-corrected chi connectivity index (χ0v) is 23.9. The lowest BCUT2D eigenvalue weighted by Gasteiger charge is -2.30. The van der Waals surface area contributed by atoms with Gasteiger partial charge in [0, 0.05) is 49.2 Å². The van der Waals surface area contributed by atoms with Crippen LogP contribution in [0.4, 0.5) is 10.5 Å². The third kappa shape index (κ3) is 8.27. The van der Waals surface area contributed by atoms with Crippen LogP contribution in [0.3, 0.4) is 0 Å². The number of benzene rings is 2. The van der Waals surface area contributed by atoms with E-state index in [-0.39, 0.29) is 24.1 Å². The van der Waals surface area contributed by atoms with Gasteiger partial charge in [0.15, 0.2) is 0 Å². The van der Waals surface area contributed by atoms with Crippen molar-refractivity contribution in [1.29, 1.82) is 0 Å². The molecule has 0 aliphatic carbocycles. The molecule has 2 saturated heterocycles. The molecule has 222 valence electrons. The van der Waals surface area contributed by atoms with E-state index in [4.69, 9.17) is 14.6 Å². The van der Waals surface area contributed by atoms with E-state index in [1.807, 2.05) is 24.3 Å². The number of likely N-dealkylation sites (tertiary alicyclic amines) is 1. The Morgan fingerprint density at radius 1 is 1.00 bits per heavy atom. The molecule has 3 aromatic rings. The third-order valence-electron chi connectivity index (χ3n) is 7.05. The number of rotatable bonds is 10. The highest BCUT2D eigenvalue weighted by atomic mass is 32.2. The molecular formula is C28H33N7O6S. The van der Waals surface area contributed by atoms with Crippen molar-refractivity contribution in [2.24, 2.45) is 0 Å². The van der Waals surface area contributed by atoms with Gasteiger partial charge < -0.3 is 24.8 Å². The molecule has 2 aliphatic heterocycles. The van der Waals surface area contributed by atoms with Crippen LogP contribution in [0.2, 0.25) is 0 Å². The van der Waals surface area contributed by atoms with Gasteiger partial charge in [0.2, 0.25) is 5.16 Å². The lowest BCUT2D eigenvalue weighted by Crippen LogP contribution is -2.41. The molecule has 2 fully saturated rings. The van der Waals surface area contributed by atoms with Crippen LogP contribution in [0, 0.1) is 0 Å². The predicted octanol–water partition coefficient (Wildman–Crippen LogP) is 2.99. The number of nitrogens with zero attached hydrogens (tertiary/aromatic N) is 6. The van der Waals surface area contributed by atoms with Crippen LogP contribution < -0.4 is 10.1 Å². The number of carbonyl (C=O) groups excluding carboxylic acids is 2. The Balaban J connectivity index is 1.05. The number of anilines is 1. The normalized spacial score (nSPS) is 16.2. The maximum absolute atomic E-state index is 12.7. The van der Waals surface area contributed by atoms with E-state index in [1.54, 1.807) is 29.2 Å². The van der Waals surface area contributed by atoms with Crippen LogP contribution in [0.25, 0.3) is 0 Å². The van der Waals surface area contributed by atoms with Crippen LogP contribution >= 0.6 is 11.8 Å². The summed E-state index contributed by atoms with van der Waals surface area (Å²) in [7, 11) is 0. The summed E-state index contributed by atoms with van der Waals surface area (Å²) in [4.78, 5) is 40.3. The van der Waals surface area contributed by atoms with Crippen molar-refractivity contribution in [3.8, 4) is 5.75 Å². The van der Waals surface area contributed by atoms with E-state index in [0.29, 0.717) is 35.2 Å². The summed E-state index contributed by atoms with van der Waals surface area (Å²) in [6.07, 6.45) is 0.967. The van der Waals surface area contributed by atoms with Gasteiger partial charge in [0.25, 0.3) is 5.91 Å². The first-order valence-corrected chi connectivity index (χ1v) is 14.7. The Hall–Kier alpha value is -4.01. The first kappa shape index (κ1) is 29.5. The molecule has 0 unspecified atom stereocenters. The fourth-order valence-corrected chi connectivity index (χ4v) is 5.76. The minimum absolute atomic E-state index is 0.0555. The standard InChI is InChI=1S/C28H33N7O6S/c36-25(37)11-14-35-27(30-31-32-35)42-24-9-12-34(13-10-24)28(39)41-23-7-5-22(6-8-23)29-26(38)21-3-1-20(2-4-21)19-33-15-17-40-18-16-33/h1-8,24H,9-19H2,(H,29,38)(H,36,37). The quantitative estimate of drug-likeness (QED) is 0.356. The number of aromatic nitrogens is 4. The number of hydrogen-bond donors (Lipinski definition) is 2. The number of carboxylic acids is 1. The van der Waals surface area contributed by atoms with Crippen molar-refractivity contribution in [2.75, 3.05) is 44.7 Å². The lowest BCUT2D eigenvalue weighted by atomic mass is 10.1. The number of amides is 2. The Morgan fingerprint density at radius 3 is 2.40 bits per heavy atom. The summed E-state index contributed by atoms with van der Waals surface area (Å²) in [6, 6.07) is 14.3. The van der Waals surface area contributed by atoms with E-state index >= 15 is 0 Å². The van der Waals surface area contributed by atoms with Crippen LogP contribution in [0.15, 0.2) is 53.7 Å². The molecule has 1 aromatic heterocycles. The summed E-state index contributed by atoms with van der Waals surface area (Å²) >= 11 is 1.49. The molecule has 5 rings (SSSR count). The Kier molecular flexibility index (Phi) is 10.0. The number of carboxylic acid groups (broad SMARTS) is 1. The summed E-state index contributed by atoms with van der Waals surface area (Å²) in [5.41, 5.74) is 2.31. The molecule has 0 saturated carbocycles. The van der Waals surface area contributed by atoms with Crippen molar-refractivity contribution in [3.05, 3.63) is 59.7 Å². The summed E-state index contributed by atoms with van der Waals surface area (Å²) in [5, 5.41) is 24.1. The molecule has 2 amide bonds. The second kappa shape index (κ2) is 14.2. The second-order valence-electron chi connectivity index (χ2n) is 10.1. The smallest absolute Gasteiger partial charge is 0.415 e. The molecule has 0 bridgehead atoms. The van der Waals surface area contributed by atoms with E-state index in [9.17, 15) is 14.4 Å². The summed E-state index contributed by atoms with van der Waals surface area (Å²) < 4.78 is 12.4. The molecule has 2 aliphatic rings. The van der Waals surface area contributed by atoms with Crippen LogP contribution in [0.1, 0.15) is 35.2 Å². The van der Waals surface area contributed by atoms with Gasteiger partial charge >= 0.3 is 12.1 Å². The number of nitrogens with one attached hydrogen (secondary N) is 1. The maximum Gasteiger partial charge on any atom is 0.415 e. The van der Waals surface area contributed by atoms with E-state index in [1.165, 1.54) is 16.4 Å². The van der Waals surface area contributed by atoms with E-state index in [2.05, 4.69) is 25.7 Å². The maximum atomic E-state index is 12.7. The van der Waals surface area contributed by atoms with Gasteiger partial charge in [0.1, 0.15) is 5.75 Å². The van der Waals surface area contributed by atoms with Crippen molar-refractivity contribution in [1.82, 2.24) is 30.0 Å². The van der Waals surface area contributed by atoms with Gasteiger partial charge in [-0.25, -0.2) is 9.48 Å². The largest absolute Gasteiger partial charge is 0.481 e. The fourth-order valence-electron chi connectivity index (χ4n) is 4.68. The predicted molar refractivity (Wildman–Crippen MR) is 153 cm³/mol. The SMILES string of the molecule is O=C(O)CCn1nnnc1SC1CCN(C(=O)Oc2ccc(NC(=O)c3ccc(CN4CCOCC4)cc3)cc2)CC1. The van der Waals surface area contributed by atoms with Gasteiger partial charge in [-0.3, -0.25) is 14.5 Å². The molecule has 2 aromatic carbocycles. The van der Waals surface area contributed by atoms with Gasteiger partial charge in [-0.1, -0.05) is 23.9 Å². The van der Waals surface area contributed by atoms with Crippen LogP contribution in [0.5, 0.6) is 5.75 Å². The van der Waals surface area contributed by atoms with Crippen molar-refractivity contribution < 1.29 is 29.0 Å². The molecule has 2 N–H and O–H groups in total. The number of thioether (sulfide) groups is 1. The summed E-state index contributed by atoms with van der Waals surface area (Å²) in [5.74, 6) is -0.734. The number of aliphatic carboxylic acids is 1. The lowest BCUT2D eigenvalue weighted by molar-refractivity contribution is -0.137. The topological polar surface area (TPSA) is 152 Å². The van der Waals surface area contributed by atoms with Crippen molar-refractivity contribution in [3.63, 3.8) is 0 Å². The molecule has 13 nitrogen and oxygen atoms in total. The number of hydrogen-bond acceptors (Lipinski definition) is 10. The minimum atomic E-state index is -0.909. The first-order chi connectivity index (χ1) is 20.4. The molecule has 3 heterocycles. The van der Waals surface area contributed by atoms with E-state index in [0.717, 1.165) is 51.3 Å². The Labute approximate surface area is 247 Å².